The lowest BCUT2D eigenvalue weighted by molar-refractivity contribution is 0.0543. The minimum Gasteiger partial charge on any atom is -0.449 e. The molecule has 0 saturated carbocycles. The number of imidazole rings is 1. The molecule has 2 aromatic rings. The largest absolute Gasteiger partial charge is 0.449 e. The van der Waals surface area contributed by atoms with Crippen molar-refractivity contribution in [3.8, 4) is 34.7 Å². The van der Waals surface area contributed by atoms with Crippen molar-refractivity contribution in [3.05, 3.63) is 60.3 Å². The summed E-state index contributed by atoms with van der Waals surface area (Å²) >= 11 is 0. The number of aromatic nitrogens is 2. The number of amides is 1. The number of carbonyl (C=O) groups is 2. The van der Waals surface area contributed by atoms with E-state index in [1.54, 1.807) is 45.0 Å². The fourth-order valence-corrected chi connectivity index (χ4v) is 3.05. The van der Waals surface area contributed by atoms with Gasteiger partial charge in [-0.2, -0.15) is 0 Å². The fraction of sp³-hybridized carbons (Fsp3) is 0.296. The van der Waals surface area contributed by atoms with Gasteiger partial charge in [-0.1, -0.05) is 61.7 Å². The van der Waals surface area contributed by atoms with Gasteiger partial charge >= 0.3 is 12.2 Å². The van der Waals surface area contributed by atoms with Gasteiger partial charge in [-0.15, -0.1) is 6.42 Å². The molecule has 1 aromatic carbocycles. The van der Waals surface area contributed by atoms with Crippen molar-refractivity contribution in [2.24, 2.45) is 0 Å². The lowest BCUT2D eigenvalue weighted by Crippen LogP contribution is -2.29. The molecule has 7 nitrogen and oxygen atoms in total. The summed E-state index contributed by atoms with van der Waals surface area (Å²) in [6, 6.07) is 15.6. The Morgan fingerprint density at radius 2 is 1.74 bits per heavy atom. The first-order chi connectivity index (χ1) is 16.2. The molecule has 2 aliphatic rings. The van der Waals surface area contributed by atoms with Gasteiger partial charge in [0.1, 0.15) is 5.60 Å². The Kier molecular flexibility index (Phi) is 7.75. The summed E-state index contributed by atoms with van der Waals surface area (Å²) in [5.74, 6) is 2.59. The van der Waals surface area contributed by atoms with Crippen LogP contribution in [0.5, 0.6) is 0 Å². The first-order valence-electron chi connectivity index (χ1n) is 11.1. The third-order valence-corrected chi connectivity index (χ3v) is 4.86. The molecule has 34 heavy (non-hydrogen) atoms. The summed E-state index contributed by atoms with van der Waals surface area (Å²) < 4.78 is 11.8. The maximum atomic E-state index is 12.8. The van der Waals surface area contributed by atoms with Crippen molar-refractivity contribution in [1.82, 2.24) is 9.55 Å². The van der Waals surface area contributed by atoms with E-state index in [9.17, 15) is 9.59 Å². The van der Waals surface area contributed by atoms with Crippen molar-refractivity contribution in [3.63, 3.8) is 0 Å². The summed E-state index contributed by atoms with van der Waals surface area (Å²) in [4.78, 5) is 29.0. The summed E-state index contributed by atoms with van der Waals surface area (Å²) in [7, 11) is 0. The zero-order chi connectivity index (χ0) is 24.7. The third-order valence-electron chi connectivity index (χ3n) is 4.86. The highest BCUT2D eigenvalue weighted by molar-refractivity contribution is 5.89. The zero-order valence-corrected chi connectivity index (χ0v) is 19.9. The number of anilines is 1. The van der Waals surface area contributed by atoms with Crippen LogP contribution < -0.4 is 5.32 Å². The van der Waals surface area contributed by atoms with Gasteiger partial charge in [0.2, 0.25) is 5.95 Å². The number of benzene rings is 2. The highest BCUT2D eigenvalue weighted by Crippen LogP contribution is 2.29. The van der Waals surface area contributed by atoms with E-state index in [-0.39, 0.29) is 12.6 Å². The van der Waals surface area contributed by atoms with Crippen molar-refractivity contribution < 1.29 is 19.1 Å². The Balaban J connectivity index is 0.000000457. The van der Waals surface area contributed by atoms with Crippen LogP contribution in [0.2, 0.25) is 0 Å². The molecular formula is C27H29N3O4. The number of nitrogens with zero attached hydrogens (tertiary/aromatic N) is 2. The van der Waals surface area contributed by atoms with E-state index in [4.69, 9.17) is 15.9 Å². The summed E-state index contributed by atoms with van der Waals surface area (Å²) in [5.41, 5.74) is 3.74. The van der Waals surface area contributed by atoms with Crippen LogP contribution in [-0.4, -0.2) is 33.9 Å². The normalized spacial score (nSPS) is 10.9. The molecule has 2 aliphatic carbocycles. The minimum atomic E-state index is -0.733. The van der Waals surface area contributed by atoms with Gasteiger partial charge in [0.25, 0.3) is 0 Å². The number of ether oxygens (including phenoxy) is 2. The predicted molar refractivity (Wildman–Crippen MR) is 133 cm³/mol. The van der Waals surface area contributed by atoms with Gasteiger partial charge in [-0.3, -0.25) is 5.32 Å². The molecule has 1 N–H and O–H groups in total. The molecular weight excluding hydrogens is 430 g/mol. The highest BCUT2D eigenvalue weighted by Gasteiger charge is 2.25. The molecule has 0 unspecified atom stereocenters. The molecule has 0 saturated heterocycles. The Hall–Kier alpha value is -4.05. The number of rotatable bonds is 5. The summed E-state index contributed by atoms with van der Waals surface area (Å²) in [6.45, 7) is 7.53. The molecule has 0 bridgehead atoms. The number of terminal acetylenes is 1. The molecule has 0 radical (unpaired) electrons. The highest BCUT2D eigenvalue weighted by atomic mass is 16.6. The molecule has 0 spiro atoms. The van der Waals surface area contributed by atoms with Crippen molar-refractivity contribution in [2.75, 3.05) is 11.9 Å². The molecule has 0 aliphatic heterocycles. The zero-order valence-electron chi connectivity index (χ0n) is 19.9. The summed E-state index contributed by atoms with van der Waals surface area (Å²) in [5, 5.41) is 2.50. The predicted octanol–water partition coefficient (Wildman–Crippen LogP) is 6.33. The second kappa shape index (κ2) is 10.7. The quantitative estimate of drug-likeness (QED) is 0.278. The Morgan fingerprint density at radius 1 is 1.09 bits per heavy atom. The topological polar surface area (TPSA) is 82.5 Å². The van der Waals surface area contributed by atoms with Crippen LogP contribution in [0.4, 0.5) is 15.5 Å². The van der Waals surface area contributed by atoms with E-state index >= 15 is 0 Å². The van der Waals surface area contributed by atoms with Crippen LogP contribution in [-0.2, 0) is 9.47 Å². The number of carbonyl (C=O) groups excluding carboxylic acids is 2. The molecule has 1 aromatic heterocycles. The fourth-order valence-electron chi connectivity index (χ4n) is 3.05. The van der Waals surface area contributed by atoms with Crippen LogP contribution in [0.1, 0.15) is 46.1 Å². The maximum Gasteiger partial charge on any atom is 0.421 e. The van der Waals surface area contributed by atoms with Crippen molar-refractivity contribution in [1.29, 1.82) is 0 Å². The van der Waals surface area contributed by atoms with Gasteiger partial charge < -0.3 is 9.47 Å². The van der Waals surface area contributed by atoms with Gasteiger partial charge in [0, 0.05) is 11.1 Å². The number of hydrogen-bond donors (Lipinski definition) is 1. The third kappa shape index (κ3) is 6.04. The van der Waals surface area contributed by atoms with Crippen LogP contribution >= 0.6 is 0 Å². The molecule has 7 heteroatoms. The van der Waals surface area contributed by atoms with Crippen LogP contribution in [0.25, 0.3) is 22.4 Å². The Labute approximate surface area is 200 Å². The minimum absolute atomic E-state index is 0.00225. The standard InChI is InChI=1S/C21H25N3O4.C6H4/c1-6-8-13-27-19(25)23-18-22-14-17(16-12-10-9-11-15(16)7-2)24(18)20(26)28-21(3,4)5;1-2-6-4-3-5(1)6/h2,9-12,14H,6,8,13H2,1,3-5H3,(H,22,23,25);1-4H. The first-order valence-corrected chi connectivity index (χ1v) is 11.1. The lowest BCUT2D eigenvalue weighted by atomic mass is 9.95. The van der Waals surface area contributed by atoms with E-state index in [2.05, 4.69) is 40.5 Å². The molecule has 176 valence electrons. The van der Waals surface area contributed by atoms with Crippen LogP contribution in [0.3, 0.4) is 0 Å². The van der Waals surface area contributed by atoms with Crippen LogP contribution in [0.15, 0.2) is 54.7 Å². The number of hydrogen-bond acceptors (Lipinski definition) is 5. The second-order valence-corrected chi connectivity index (χ2v) is 8.66. The van der Waals surface area contributed by atoms with Gasteiger partial charge in [0.05, 0.1) is 18.5 Å². The monoisotopic (exact) mass is 459 g/mol. The van der Waals surface area contributed by atoms with E-state index in [1.807, 2.05) is 6.92 Å². The Morgan fingerprint density at radius 3 is 2.26 bits per heavy atom. The van der Waals surface area contributed by atoms with Crippen molar-refractivity contribution in [2.45, 2.75) is 46.1 Å². The number of unbranched alkanes of at least 4 members (excludes halogenated alkanes) is 1. The van der Waals surface area contributed by atoms with Crippen LogP contribution in [0, 0.1) is 12.3 Å². The molecule has 4 rings (SSSR count). The number of nitrogens with one attached hydrogen (secondary N) is 1. The molecule has 0 atom stereocenters. The van der Waals surface area contributed by atoms with E-state index in [0.717, 1.165) is 12.8 Å². The van der Waals surface area contributed by atoms with E-state index in [1.165, 1.54) is 21.9 Å². The smallest absolute Gasteiger partial charge is 0.421 e. The number of fused-ring (bicyclic) bond motifs is 1. The molecule has 1 amide bonds. The Bertz CT molecular complexity index is 1180. The van der Waals surface area contributed by atoms with Crippen molar-refractivity contribution >= 4 is 18.1 Å². The first kappa shape index (κ1) is 24.6. The van der Waals surface area contributed by atoms with Gasteiger partial charge in [-0.05, 0) is 44.4 Å². The molecule has 0 fully saturated rings. The lowest BCUT2D eigenvalue weighted by Gasteiger charge is -2.21. The van der Waals surface area contributed by atoms with Gasteiger partial charge in [-0.25, -0.2) is 19.1 Å². The SMILES string of the molecule is C#Cc1ccccc1-c1cnc(NC(=O)OCCCC)n1C(=O)OC(C)(C)C.c1cc2ccc1-2. The second-order valence-electron chi connectivity index (χ2n) is 8.66. The van der Waals surface area contributed by atoms with E-state index < -0.39 is 17.8 Å². The molecule has 1 heterocycles. The maximum absolute atomic E-state index is 12.8. The average Bonchev–Trinajstić information content (AvgIpc) is 3.19. The average molecular weight is 460 g/mol. The summed E-state index contributed by atoms with van der Waals surface area (Å²) in [6.07, 6.45) is 7.31. The van der Waals surface area contributed by atoms with E-state index in [0.29, 0.717) is 16.8 Å². The van der Waals surface area contributed by atoms with Gasteiger partial charge in [0.15, 0.2) is 0 Å².